The predicted octanol–water partition coefficient (Wildman–Crippen LogP) is 1.38. The molecule has 0 aromatic heterocycles. The summed E-state index contributed by atoms with van der Waals surface area (Å²) in [5, 5.41) is 0. The lowest BCUT2D eigenvalue weighted by Crippen LogP contribution is -2.54. The summed E-state index contributed by atoms with van der Waals surface area (Å²) in [6, 6.07) is 0. The van der Waals surface area contributed by atoms with E-state index < -0.39 is 0 Å². The number of carbonyl (C=O) groups excluding carboxylic acids is 1. The fraction of sp³-hybridized carbons (Fsp3) is 0.889. The Morgan fingerprint density at radius 3 is 2.83 bits per heavy atom. The molecule has 70 valence electrons. The zero-order valence-electron chi connectivity index (χ0n) is 7.88. The van der Waals surface area contributed by atoms with E-state index in [1.807, 2.05) is 11.8 Å². The average molecular weight is 171 g/mol. The van der Waals surface area contributed by atoms with E-state index in [1.54, 1.807) is 0 Å². The molecular formula is C9H17NO2. The third-order valence-electron chi connectivity index (χ3n) is 2.13. The molecule has 1 saturated heterocycles. The average Bonchev–Trinajstić information content (AvgIpc) is 2.05. The molecule has 0 N–H and O–H groups in total. The topological polar surface area (TPSA) is 29.5 Å². The second-order valence-electron chi connectivity index (χ2n) is 3.05. The minimum atomic E-state index is 0.0778. The lowest BCUT2D eigenvalue weighted by Gasteiger charge is -2.39. The predicted molar refractivity (Wildman–Crippen MR) is 46.7 cm³/mol. The van der Waals surface area contributed by atoms with Crippen molar-refractivity contribution in [2.24, 2.45) is 0 Å². The molecule has 1 atom stereocenters. The van der Waals surface area contributed by atoms with Gasteiger partial charge in [-0.25, -0.2) is 0 Å². The van der Waals surface area contributed by atoms with Crippen molar-refractivity contribution < 1.29 is 9.53 Å². The quantitative estimate of drug-likeness (QED) is 0.585. The Morgan fingerprint density at radius 1 is 1.58 bits per heavy atom. The fourth-order valence-electron chi connectivity index (χ4n) is 1.36. The summed E-state index contributed by atoms with van der Waals surface area (Å²) in [7, 11) is 0. The van der Waals surface area contributed by atoms with Crippen LogP contribution in [0.3, 0.4) is 0 Å². The van der Waals surface area contributed by atoms with E-state index in [4.69, 9.17) is 4.74 Å². The van der Waals surface area contributed by atoms with Gasteiger partial charge in [-0.1, -0.05) is 13.3 Å². The van der Waals surface area contributed by atoms with E-state index in [0.29, 0.717) is 13.0 Å². The molecule has 1 heterocycles. The normalized spacial score (nSPS) is 22.7. The summed E-state index contributed by atoms with van der Waals surface area (Å²) < 4.78 is 5.36. The zero-order chi connectivity index (χ0) is 8.97. The van der Waals surface area contributed by atoms with Crippen LogP contribution in [-0.2, 0) is 9.53 Å². The SMILES string of the molecule is CCCCN1C(=O)CC1OCC. The van der Waals surface area contributed by atoms with Gasteiger partial charge in [0.2, 0.25) is 5.91 Å². The molecule has 1 amide bonds. The van der Waals surface area contributed by atoms with E-state index in [-0.39, 0.29) is 12.1 Å². The third kappa shape index (κ3) is 1.97. The molecule has 1 unspecified atom stereocenters. The second-order valence-corrected chi connectivity index (χ2v) is 3.05. The smallest absolute Gasteiger partial charge is 0.229 e. The van der Waals surface area contributed by atoms with Crippen molar-refractivity contribution in [3.05, 3.63) is 0 Å². The molecule has 1 aliphatic rings. The van der Waals surface area contributed by atoms with E-state index in [9.17, 15) is 4.79 Å². The summed E-state index contributed by atoms with van der Waals surface area (Å²) in [5.74, 6) is 0.238. The molecule has 1 aliphatic heterocycles. The number of unbranched alkanes of at least 4 members (excludes halogenated alkanes) is 1. The molecule has 0 aliphatic carbocycles. The molecule has 0 aromatic carbocycles. The Kier molecular flexibility index (Phi) is 3.53. The second kappa shape index (κ2) is 4.45. The van der Waals surface area contributed by atoms with Gasteiger partial charge in [-0.15, -0.1) is 0 Å². The Bertz CT molecular complexity index is 159. The summed E-state index contributed by atoms with van der Waals surface area (Å²) >= 11 is 0. The summed E-state index contributed by atoms with van der Waals surface area (Å²) in [6.07, 6.45) is 2.87. The van der Waals surface area contributed by atoms with Crippen LogP contribution in [0.15, 0.2) is 0 Å². The number of hydrogen-bond donors (Lipinski definition) is 0. The first-order chi connectivity index (χ1) is 5.79. The van der Waals surface area contributed by atoms with Gasteiger partial charge in [-0.05, 0) is 13.3 Å². The van der Waals surface area contributed by atoms with Crippen LogP contribution in [0.1, 0.15) is 33.1 Å². The van der Waals surface area contributed by atoms with E-state index in [0.717, 1.165) is 19.4 Å². The highest BCUT2D eigenvalue weighted by Gasteiger charge is 2.35. The number of ether oxygens (including phenoxy) is 1. The minimum absolute atomic E-state index is 0.0778. The molecule has 0 aromatic rings. The number of amides is 1. The third-order valence-corrected chi connectivity index (χ3v) is 2.13. The molecule has 12 heavy (non-hydrogen) atoms. The van der Waals surface area contributed by atoms with Crippen LogP contribution in [0.2, 0.25) is 0 Å². The lowest BCUT2D eigenvalue weighted by molar-refractivity contribution is -0.173. The fourth-order valence-corrected chi connectivity index (χ4v) is 1.36. The van der Waals surface area contributed by atoms with Gasteiger partial charge in [0.05, 0.1) is 6.42 Å². The molecule has 3 nitrogen and oxygen atoms in total. The molecular weight excluding hydrogens is 154 g/mol. The maximum Gasteiger partial charge on any atom is 0.229 e. The standard InChI is InChI=1S/C9H17NO2/c1-3-5-6-10-8(11)7-9(10)12-4-2/h9H,3-7H2,1-2H3. The Balaban J connectivity index is 2.24. The van der Waals surface area contributed by atoms with Crippen molar-refractivity contribution in [1.82, 2.24) is 4.90 Å². The zero-order valence-corrected chi connectivity index (χ0v) is 7.88. The number of likely N-dealkylation sites (tertiary alicyclic amines) is 1. The van der Waals surface area contributed by atoms with Crippen LogP contribution in [0, 0.1) is 0 Å². The first-order valence-electron chi connectivity index (χ1n) is 4.70. The molecule has 0 bridgehead atoms. The van der Waals surface area contributed by atoms with E-state index in [1.165, 1.54) is 0 Å². The van der Waals surface area contributed by atoms with Crippen LogP contribution in [0.5, 0.6) is 0 Å². The summed E-state index contributed by atoms with van der Waals surface area (Å²) in [5.41, 5.74) is 0. The van der Waals surface area contributed by atoms with Crippen molar-refractivity contribution in [1.29, 1.82) is 0 Å². The number of carbonyl (C=O) groups is 1. The highest BCUT2D eigenvalue weighted by atomic mass is 16.5. The first-order valence-corrected chi connectivity index (χ1v) is 4.70. The van der Waals surface area contributed by atoms with Crippen molar-refractivity contribution in [3.63, 3.8) is 0 Å². The molecule has 0 saturated carbocycles. The van der Waals surface area contributed by atoms with Gasteiger partial charge in [0.25, 0.3) is 0 Å². The highest BCUT2D eigenvalue weighted by molar-refractivity contribution is 5.82. The van der Waals surface area contributed by atoms with Crippen molar-refractivity contribution in [3.8, 4) is 0 Å². The molecule has 1 rings (SSSR count). The molecule has 1 fully saturated rings. The van der Waals surface area contributed by atoms with Gasteiger partial charge in [0, 0.05) is 13.2 Å². The maximum absolute atomic E-state index is 11.1. The molecule has 0 spiro atoms. The van der Waals surface area contributed by atoms with Gasteiger partial charge in [0.1, 0.15) is 6.23 Å². The first kappa shape index (κ1) is 9.52. The van der Waals surface area contributed by atoms with Crippen molar-refractivity contribution in [2.75, 3.05) is 13.2 Å². The lowest BCUT2D eigenvalue weighted by atomic mass is 10.1. The van der Waals surface area contributed by atoms with Gasteiger partial charge in [-0.2, -0.15) is 0 Å². The largest absolute Gasteiger partial charge is 0.358 e. The number of nitrogens with zero attached hydrogens (tertiary/aromatic N) is 1. The van der Waals surface area contributed by atoms with Crippen molar-refractivity contribution in [2.45, 2.75) is 39.3 Å². The summed E-state index contributed by atoms with van der Waals surface area (Å²) in [4.78, 5) is 12.9. The van der Waals surface area contributed by atoms with Crippen LogP contribution >= 0.6 is 0 Å². The van der Waals surface area contributed by atoms with Gasteiger partial charge >= 0.3 is 0 Å². The van der Waals surface area contributed by atoms with Crippen LogP contribution in [-0.4, -0.2) is 30.2 Å². The molecule has 3 heteroatoms. The van der Waals surface area contributed by atoms with Gasteiger partial charge < -0.3 is 9.64 Å². The Labute approximate surface area is 73.7 Å². The monoisotopic (exact) mass is 171 g/mol. The van der Waals surface area contributed by atoms with E-state index >= 15 is 0 Å². The highest BCUT2D eigenvalue weighted by Crippen LogP contribution is 2.20. The Hall–Kier alpha value is -0.570. The van der Waals surface area contributed by atoms with Crippen LogP contribution < -0.4 is 0 Å². The number of β-lactam (4-membered cyclic amide) rings is 1. The minimum Gasteiger partial charge on any atom is -0.358 e. The van der Waals surface area contributed by atoms with Crippen molar-refractivity contribution >= 4 is 5.91 Å². The molecule has 0 radical (unpaired) electrons. The van der Waals surface area contributed by atoms with Crippen LogP contribution in [0.25, 0.3) is 0 Å². The number of hydrogen-bond acceptors (Lipinski definition) is 2. The van der Waals surface area contributed by atoms with Gasteiger partial charge in [0.15, 0.2) is 0 Å². The van der Waals surface area contributed by atoms with Gasteiger partial charge in [-0.3, -0.25) is 4.79 Å². The Morgan fingerprint density at radius 2 is 2.33 bits per heavy atom. The van der Waals surface area contributed by atoms with E-state index in [2.05, 4.69) is 6.92 Å². The number of rotatable bonds is 5. The maximum atomic E-state index is 11.1. The summed E-state index contributed by atoms with van der Waals surface area (Å²) in [6.45, 7) is 5.64. The van der Waals surface area contributed by atoms with Crippen LogP contribution in [0.4, 0.5) is 0 Å².